The van der Waals surface area contributed by atoms with Gasteiger partial charge in [-0.15, -0.1) is 0 Å². The lowest BCUT2D eigenvalue weighted by Crippen LogP contribution is -2.49. The molecular formula is C18H18F3N3O. The molecule has 4 nitrogen and oxygen atoms in total. The maximum absolute atomic E-state index is 12.8. The Morgan fingerprint density at radius 2 is 1.72 bits per heavy atom. The van der Waals surface area contributed by atoms with E-state index in [2.05, 4.69) is 4.98 Å². The molecular weight excluding hydrogens is 331 g/mol. The molecule has 0 bridgehead atoms. The Hall–Kier alpha value is -2.57. The van der Waals surface area contributed by atoms with E-state index in [9.17, 15) is 18.0 Å². The van der Waals surface area contributed by atoms with Gasteiger partial charge in [-0.05, 0) is 37.3 Å². The first kappa shape index (κ1) is 17.3. The Labute approximate surface area is 143 Å². The van der Waals surface area contributed by atoms with Crippen LogP contribution in [0.4, 0.5) is 18.9 Å². The number of hydrogen-bond acceptors (Lipinski definition) is 3. The van der Waals surface area contributed by atoms with Crippen molar-refractivity contribution in [3.63, 3.8) is 0 Å². The number of aryl methyl sites for hydroxylation is 1. The van der Waals surface area contributed by atoms with Gasteiger partial charge in [0, 0.05) is 37.6 Å². The predicted molar refractivity (Wildman–Crippen MR) is 88.5 cm³/mol. The summed E-state index contributed by atoms with van der Waals surface area (Å²) in [4.78, 5) is 20.3. The fourth-order valence-electron chi connectivity index (χ4n) is 2.87. The Morgan fingerprint density at radius 1 is 1.04 bits per heavy atom. The van der Waals surface area contributed by atoms with Crippen molar-refractivity contribution in [2.45, 2.75) is 13.1 Å². The highest BCUT2D eigenvalue weighted by Crippen LogP contribution is 2.31. The van der Waals surface area contributed by atoms with E-state index in [-0.39, 0.29) is 5.91 Å². The number of carbonyl (C=O) groups is 1. The molecule has 0 spiro atoms. The minimum Gasteiger partial charge on any atom is -0.368 e. The SMILES string of the molecule is Cc1cccc(C(=O)N2CCN(c3cccc(C(F)(F)F)c3)CC2)n1. The van der Waals surface area contributed by atoms with Crippen molar-refractivity contribution >= 4 is 11.6 Å². The standard InChI is InChI=1S/C18H18F3N3O/c1-13-4-2-7-16(22-13)17(25)24-10-8-23(9-11-24)15-6-3-5-14(12-15)18(19,20)21/h2-7,12H,8-11H2,1H3. The molecule has 1 fully saturated rings. The molecule has 0 aliphatic carbocycles. The summed E-state index contributed by atoms with van der Waals surface area (Å²) in [6.07, 6.45) is -4.36. The largest absolute Gasteiger partial charge is 0.416 e. The Bertz CT molecular complexity index is 768. The molecule has 2 heterocycles. The van der Waals surface area contributed by atoms with Gasteiger partial charge in [-0.1, -0.05) is 12.1 Å². The van der Waals surface area contributed by atoms with Crippen molar-refractivity contribution in [3.8, 4) is 0 Å². The summed E-state index contributed by atoms with van der Waals surface area (Å²) < 4.78 is 38.5. The number of pyridine rings is 1. The number of benzene rings is 1. The second-order valence-corrected chi connectivity index (χ2v) is 5.99. The molecule has 0 radical (unpaired) electrons. The van der Waals surface area contributed by atoms with Crippen LogP contribution in [0, 0.1) is 6.92 Å². The van der Waals surface area contributed by atoms with E-state index in [4.69, 9.17) is 0 Å². The van der Waals surface area contributed by atoms with Crippen molar-refractivity contribution in [2.75, 3.05) is 31.1 Å². The van der Waals surface area contributed by atoms with Gasteiger partial charge < -0.3 is 9.80 Å². The first-order valence-corrected chi connectivity index (χ1v) is 8.00. The van der Waals surface area contributed by atoms with Gasteiger partial charge in [0.1, 0.15) is 5.69 Å². The second kappa shape index (κ2) is 6.74. The topological polar surface area (TPSA) is 36.4 Å². The first-order valence-electron chi connectivity index (χ1n) is 8.00. The third-order valence-electron chi connectivity index (χ3n) is 4.21. The van der Waals surface area contributed by atoms with E-state index >= 15 is 0 Å². The summed E-state index contributed by atoms with van der Waals surface area (Å²) >= 11 is 0. The molecule has 1 aliphatic heterocycles. The van der Waals surface area contributed by atoms with Gasteiger partial charge in [-0.2, -0.15) is 13.2 Å². The Morgan fingerprint density at radius 3 is 2.36 bits per heavy atom. The molecule has 0 N–H and O–H groups in total. The van der Waals surface area contributed by atoms with Gasteiger partial charge >= 0.3 is 6.18 Å². The molecule has 0 unspecified atom stereocenters. The van der Waals surface area contributed by atoms with E-state index in [1.54, 1.807) is 23.1 Å². The fraction of sp³-hybridized carbons (Fsp3) is 0.333. The number of piperazine rings is 1. The molecule has 25 heavy (non-hydrogen) atoms. The Kier molecular flexibility index (Phi) is 4.65. The number of aromatic nitrogens is 1. The van der Waals surface area contributed by atoms with Crippen molar-refractivity contribution in [1.29, 1.82) is 0 Å². The maximum atomic E-state index is 12.8. The van der Waals surface area contributed by atoms with Gasteiger partial charge in [-0.25, -0.2) is 4.98 Å². The van der Waals surface area contributed by atoms with E-state index in [1.807, 2.05) is 17.9 Å². The van der Waals surface area contributed by atoms with Crippen LogP contribution in [-0.2, 0) is 6.18 Å². The van der Waals surface area contributed by atoms with Crippen LogP contribution in [0.3, 0.4) is 0 Å². The predicted octanol–water partition coefficient (Wildman–Crippen LogP) is 3.37. The zero-order chi connectivity index (χ0) is 18.0. The number of nitrogens with zero attached hydrogens (tertiary/aromatic N) is 3. The molecule has 132 valence electrons. The van der Waals surface area contributed by atoms with Gasteiger partial charge in [-0.3, -0.25) is 4.79 Å². The number of halogens is 3. The van der Waals surface area contributed by atoms with E-state index in [1.165, 1.54) is 6.07 Å². The van der Waals surface area contributed by atoms with Crippen LogP contribution in [0.15, 0.2) is 42.5 Å². The number of hydrogen-bond donors (Lipinski definition) is 0. The molecule has 1 aliphatic rings. The molecule has 1 amide bonds. The van der Waals surface area contributed by atoms with Crippen molar-refractivity contribution < 1.29 is 18.0 Å². The molecule has 7 heteroatoms. The Balaban J connectivity index is 1.67. The summed E-state index contributed by atoms with van der Waals surface area (Å²) in [6.45, 7) is 3.69. The van der Waals surface area contributed by atoms with Crippen molar-refractivity contribution in [3.05, 3.63) is 59.4 Å². The zero-order valence-corrected chi connectivity index (χ0v) is 13.8. The molecule has 1 aromatic carbocycles. The smallest absolute Gasteiger partial charge is 0.368 e. The molecule has 3 rings (SSSR count). The zero-order valence-electron chi connectivity index (χ0n) is 13.8. The lowest BCUT2D eigenvalue weighted by atomic mass is 10.1. The van der Waals surface area contributed by atoms with Gasteiger partial charge in [0.2, 0.25) is 0 Å². The average molecular weight is 349 g/mol. The van der Waals surface area contributed by atoms with E-state index in [0.717, 1.165) is 17.8 Å². The van der Waals surface area contributed by atoms with E-state index < -0.39 is 11.7 Å². The number of carbonyl (C=O) groups excluding carboxylic acids is 1. The highest BCUT2D eigenvalue weighted by atomic mass is 19.4. The molecule has 2 aromatic rings. The molecule has 1 aromatic heterocycles. The number of rotatable bonds is 2. The van der Waals surface area contributed by atoms with Crippen LogP contribution in [0.1, 0.15) is 21.7 Å². The lowest BCUT2D eigenvalue weighted by Gasteiger charge is -2.36. The van der Waals surface area contributed by atoms with Crippen LogP contribution in [0.25, 0.3) is 0 Å². The fourth-order valence-corrected chi connectivity index (χ4v) is 2.87. The van der Waals surface area contributed by atoms with Gasteiger partial charge in [0.15, 0.2) is 0 Å². The summed E-state index contributed by atoms with van der Waals surface area (Å²) in [5, 5.41) is 0. The van der Waals surface area contributed by atoms with Crippen molar-refractivity contribution in [2.24, 2.45) is 0 Å². The van der Waals surface area contributed by atoms with Gasteiger partial charge in [0.25, 0.3) is 5.91 Å². The number of amides is 1. The van der Waals surface area contributed by atoms with Crippen molar-refractivity contribution in [1.82, 2.24) is 9.88 Å². The number of anilines is 1. The highest BCUT2D eigenvalue weighted by molar-refractivity contribution is 5.92. The highest BCUT2D eigenvalue weighted by Gasteiger charge is 2.31. The average Bonchev–Trinajstić information content (AvgIpc) is 2.61. The summed E-state index contributed by atoms with van der Waals surface area (Å²) in [6, 6.07) is 10.6. The first-order chi connectivity index (χ1) is 11.8. The molecule has 0 saturated carbocycles. The van der Waals surface area contributed by atoms with Crippen LogP contribution < -0.4 is 4.90 Å². The summed E-state index contributed by atoms with van der Waals surface area (Å²) in [5.74, 6) is -0.146. The third kappa shape index (κ3) is 3.92. The summed E-state index contributed by atoms with van der Waals surface area (Å²) in [7, 11) is 0. The molecule has 1 saturated heterocycles. The van der Waals surface area contributed by atoms with Gasteiger partial charge in [0.05, 0.1) is 5.56 Å². The molecule has 0 atom stereocenters. The third-order valence-corrected chi connectivity index (χ3v) is 4.21. The van der Waals surface area contributed by atoms with Crippen LogP contribution in [-0.4, -0.2) is 42.0 Å². The quantitative estimate of drug-likeness (QED) is 0.834. The normalized spacial score (nSPS) is 15.4. The van der Waals surface area contributed by atoms with Crippen LogP contribution >= 0.6 is 0 Å². The second-order valence-electron chi connectivity index (χ2n) is 5.99. The van der Waals surface area contributed by atoms with E-state index in [0.29, 0.717) is 37.6 Å². The lowest BCUT2D eigenvalue weighted by molar-refractivity contribution is -0.137. The summed E-state index contributed by atoms with van der Waals surface area (Å²) in [5.41, 5.74) is 1.03. The minimum absolute atomic E-state index is 0.146. The minimum atomic E-state index is -4.36. The maximum Gasteiger partial charge on any atom is 0.416 e. The van der Waals surface area contributed by atoms with Crippen LogP contribution in [0.5, 0.6) is 0 Å². The number of alkyl halides is 3. The van der Waals surface area contributed by atoms with Crippen LogP contribution in [0.2, 0.25) is 0 Å². The monoisotopic (exact) mass is 349 g/mol.